The first kappa shape index (κ1) is 14.8. The SMILES string of the molecule is CC[C@H](C)NC(=O)[C@H](C)Oc1ccc(Cl)c(C)c1. The van der Waals surface area contributed by atoms with Crippen molar-refractivity contribution in [1.82, 2.24) is 5.32 Å². The second kappa shape index (κ2) is 6.64. The van der Waals surface area contributed by atoms with Gasteiger partial charge in [0.1, 0.15) is 5.75 Å². The van der Waals surface area contributed by atoms with Gasteiger partial charge in [0.15, 0.2) is 6.10 Å². The lowest BCUT2D eigenvalue weighted by Crippen LogP contribution is -2.40. The molecule has 0 unspecified atom stereocenters. The number of benzene rings is 1. The number of amides is 1. The van der Waals surface area contributed by atoms with Crippen LogP contribution in [0.4, 0.5) is 0 Å². The van der Waals surface area contributed by atoms with Crippen LogP contribution in [-0.4, -0.2) is 18.1 Å². The lowest BCUT2D eigenvalue weighted by molar-refractivity contribution is -0.127. The van der Waals surface area contributed by atoms with Crippen LogP contribution in [0.25, 0.3) is 0 Å². The number of aryl methyl sites for hydroxylation is 1. The van der Waals surface area contributed by atoms with Gasteiger partial charge in [0, 0.05) is 11.1 Å². The normalized spacial score (nSPS) is 13.8. The number of hydrogen-bond acceptors (Lipinski definition) is 2. The number of nitrogens with one attached hydrogen (secondary N) is 1. The van der Waals surface area contributed by atoms with Gasteiger partial charge in [-0.15, -0.1) is 0 Å². The second-order valence-electron chi connectivity index (χ2n) is 4.49. The Balaban J connectivity index is 2.60. The smallest absolute Gasteiger partial charge is 0.260 e. The molecular formula is C14H20ClNO2. The number of rotatable bonds is 5. The minimum Gasteiger partial charge on any atom is -0.481 e. The maximum atomic E-state index is 11.8. The molecule has 4 heteroatoms. The molecular weight excluding hydrogens is 250 g/mol. The van der Waals surface area contributed by atoms with E-state index in [-0.39, 0.29) is 11.9 Å². The number of carbonyl (C=O) groups is 1. The molecule has 0 aliphatic heterocycles. The van der Waals surface area contributed by atoms with Crippen LogP contribution in [0.15, 0.2) is 18.2 Å². The largest absolute Gasteiger partial charge is 0.481 e. The van der Waals surface area contributed by atoms with Crippen molar-refractivity contribution in [3.8, 4) is 5.75 Å². The molecule has 0 fully saturated rings. The summed E-state index contributed by atoms with van der Waals surface area (Å²) in [6.45, 7) is 7.64. The molecule has 100 valence electrons. The molecule has 0 aliphatic rings. The van der Waals surface area contributed by atoms with E-state index in [0.29, 0.717) is 10.8 Å². The van der Waals surface area contributed by atoms with Crippen molar-refractivity contribution in [2.24, 2.45) is 0 Å². The van der Waals surface area contributed by atoms with Crippen molar-refractivity contribution in [1.29, 1.82) is 0 Å². The summed E-state index contributed by atoms with van der Waals surface area (Å²) < 4.78 is 5.59. The number of halogens is 1. The topological polar surface area (TPSA) is 38.3 Å². The first-order chi connectivity index (χ1) is 8.43. The Bertz CT molecular complexity index is 420. The van der Waals surface area contributed by atoms with Crippen molar-refractivity contribution < 1.29 is 9.53 Å². The molecule has 1 aromatic carbocycles. The van der Waals surface area contributed by atoms with E-state index in [1.165, 1.54) is 0 Å². The Morgan fingerprint density at radius 3 is 2.67 bits per heavy atom. The highest BCUT2D eigenvalue weighted by atomic mass is 35.5. The summed E-state index contributed by atoms with van der Waals surface area (Å²) in [4.78, 5) is 11.8. The Morgan fingerprint density at radius 1 is 1.44 bits per heavy atom. The van der Waals surface area contributed by atoms with Crippen LogP contribution in [0.5, 0.6) is 5.75 Å². The standard InChI is InChI=1S/C14H20ClNO2/c1-5-10(3)16-14(17)11(4)18-12-6-7-13(15)9(2)8-12/h6-8,10-11H,5H2,1-4H3,(H,16,17)/t10-,11-/m0/s1. The monoisotopic (exact) mass is 269 g/mol. The molecule has 1 amide bonds. The van der Waals surface area contributed by atoms with Crippen molar-refractivity contribution in [3.05, 3.63) is 28.8 Å². The third-order valence-corrected chi connectivity index (χ3v) is 3.24. The van der Waals surface area contributed by atoms with Crippen LogP contribution < -0.4 is 10.1 Å². The van der Waals surface area contributed by atoms with Gasteiger partial charge in [-0.05, 0) is 51.0 Å². The summed E-state index contributed by atoms with van der Waals surface area (Å²) in [5.41, 5.74) is 0.934. The minimum atomic E-state index is -0.514. The molecule has 1 N–H and O–H groups in total. The zero-order chi connectivity index (χ0) is 13.7. The molecule has 2 atom stereocenters. The molecule has 3 nitrogen and oxygen atoms in total. The Labute approximate surface area is 113 Å². The van der Waals surface area contributed by atoms with E-state index in [4.69, 9.17) is 16.3 Å². The number of hydrogen-bond donors (Lipinski definition) is 1. The van der Waals surface area contributed by atoms with E-state index in [9.17, 15) is 4.79 Å². The maximum Gasteiger partial charge on any atom is 0.260 e. The summed E-state index contributed by atoms with van der Waals surface area (Å²) in [7, 11) is 0. The first-order valence-electron chi connectivity index (χ1n) is 6.17. The summed E-state index contributed by atoms with van der Waals surface area (Å²) in [5, 5.41) is 3.58. The average molecular weight is 270 g/mol. The summed E-state index contributed by atoms with van der Waals surface area (Å²) in [5.74, 6) is 0.556. The van der Waals surface area contributed by atoms with Crippen molar-refractivity contribution in [3.63, 3.8) is 0 Å². The van der Waals surface area contributed by atoms with Crippen LogP contribution in [0.3, 0.4) is 0 Å². The van der Waals surface area contributed by atoms with Gasteiger partial charge in [0.2, 0.25) is 0 Å². The third kappa shape index (κ3) is 4.22. The predicted octanol–water partition coefficient (Wildman–Crippen LogP) is 3.33. The third-order valence-electron chi connectivity index (χ3n) is 2.81. The summed E-state index contributed by atoms with van der Waals surface area (Å²) in [6, 6.07) is 5.53. The molecule has 0 saturated carbocycles. The maximum absolute atomic E-state index is 11.8. The summed E-state index contributed by atoms with van der Waals surface area (Å²) >= 11 is 5.93. The van der Waals surface area contributed by atoms with Crippen molar-refractivity contribution in [2.75, 3.05) is 0 Å². The lowest BCUT2D eigenvalue weighted by atomic mass is 10.2. The van der Waals surface area contributed by atoms with E-state index in [1.807, 2.05) is 26.8 Å². The minimum absolute atomic E-state index is 0.100. The zero-order valence-electron chi connectivity index (χ0n) is 11.3. The Morgan fingerprint density at radius 2 is 2.11 bits per heavy atom. The number of ether oxygens (including phenoxy) is 1. The Hall–Kier alpha value is -1.22. The number of carbonyl (C=O) groups excluding carboxylic acids is 1. The molecule has 0 aliphatic carbocycles. The molecule has 0 aromatic heterocycles. The highest BCUT2D eigenvalue weighted by molar-refractivity contribution is 6.31. The van der Waals surface area contributed by atoms with Crippen LogP contribution >= 0.6 is 11.6 Å². The lowest BCUT2D eigenvalue weighted by Gasteiger charge is -2.18. The highest BCUT2D eigenvalue weighted by Crippen LogP contribution is 2.21. The average Bonchev–Trinajstić information content (AvgIpc) is 2.33. The van der Waals surface area contributed by atoms with Gasteiger partial charge in [-0.1, -0.05) is 18.5 Å². The molecule has 0 spiro atoms. The molecule has 1 rings (SSSR count). The molecule has 0 heterocycles. The fraction of sp³-hybridized carbons (Fsp3) is 0.500. The van der Waals surface area contributed by atoms with Crippen LogP contribution in [0.2, 0.25) is 5.02 Å². The van der Waals surface area contributed by atoms with Crippen molar-refractivity contribution in [2.45, 2.75) is 46.3 Å². The van der Waals surface area contributed by atoms with Gasteiger partial charge >= 0.3 is 0 Å². The molecule has 0 radical (unpaired) electrons. The van der Waals surface area contributed by atoms with Gasteiger partial charge in [0.25, 0.3) is 5.91 Å². The van der Waals surface area contributed by atoms with Crippen LogP contribution in [0, 0.1) is 6.92 Å². The van der Waals surface area contributed by atoms with Crippen molar-refractivity contribution >= 4 is 17.5 Å². The predicted molar refractivity (Wildman–Crippen MR) is 74.2 cm³/mol. The van der Waals surface area contributed by atoms with Gasteiger partial charge < -0.3 is 10.1 Å². The van der Waals surface area contributed by atoms with E-state index < -0.39 is 6.10 Å². The van der Waals surface area contributed by atoms with Gasteiger partial charge in [-0.25, -0.2) is 0 Å². The molecule has 18 heavy (non-hydrogen) atoms. The van der Waals surface area contributed by atoms with E-state index >= 15 is 0 Å². The van der Waals surface area contributed by atoms with E-state index in [2.05, 4.69) is 5.32 Å². The van der Waals surface area contributed by atoms with Crippen LogP contribution in [0.1, 0.15) is 32.8 Å². The van der Waals surface area contributed by atoms with E-state index in [0.717, 1.165) is 12.0 Å². The van der Waals surface area contributed by atoms with Gasteiger partial charge in [0.05, 0.1) is 0 Å². The second-order valence-corrected chi connectivity index (χ2v) is 4.90. The quantitative estimate of drug-likeness (QED) is 0.890. The first-order valence-corrected chi connectivity index (χ1v) is 6.55. The summed E-state index contributed by atoms with van der Waals surface area (Å²) in [6.07, 6.45) is 0.387. The van der Waals surface area contributed by atoms with Gasteiger partial charge in [-0.2, -0.15) is 0 Å². The van der Waals surface area contributed by atoms with E-state index in [1.54, 1.807) is 19.1 Å². The zero-order valence-corrected chi connectivity index (χ0v) is 12.0. The molecule has 1 aromatic rings. The molecule has 0 saturated heterocycles. The highest BCUT2D eigenvalue weighted by Gasteiger charge is 2.16. The van der Waals surface area contributed by atoms with Crippen LogP contribution in [-0.2, 0) is 4.79 Å². The molecule has 0 bridgehead atoms. The van der Waals surface area contributed by atoms with Gasteiger partial charge in [-0.3, -0.25) is 4.79 Å². The fourth-order valence-electron chi connectivity index (χ4n) is 1.41. The Kier molecular flexibility index (Phi) is 5.48. The fourth-order valence-corrected chi connectivity index (χ4v) is 1.53.